The van der Waals surface area contributed by atoms with Crippen LogP contribution < -0.4 is 20.7 Å². The van der Waals surface area contributed by atoms with Gasteiger partial charge in [0.1, 0.15) is 11.6 Å². The van der Waals surface area contributed by atoms with E-state index >= 15 is 0 Å². The monoisotopic (exact) mass is 444 g/mol. The lowest BCUT2D eigenvalue weighted by Gasteiger charge is -2.33. The molecule has 6 nitrogen and oxygen atoms in total. The SMILES string of the molecule is Cc1ccc(C(=O)Nc2ccc(OCCc3cccc(N)n3)cc2)c(N2CCC(C)CC2)c1. The zero-order chi connectivity index (χ0) is 23.2. The maximum atomic E-state index is 13.1. The lowest BCUT2D eigenvalue weighted by Crippen LogP contribution is -2.34. The van der Waals surface area contributed by atoms with Gasteiger partial charge in [0.2, 0.25) is 0 Å². The molecular weight excluding hydrogens is 412 g/mol. The second kappa shape index (κ2) is 10.4. The molecule has 1 fully saturated rings. The molecule has 172 valence electrons. The topological polar surface area (TPSA) is 80.5 Å². The van der Waals surface area contributed by atoms with E-state index in [2.05, 4.69) is 35.1 Å². The van der Waals surface area contributed by atoms with E-state index in [0.29, 0.717) is 24.4 Å². The van der Waals surface area contributed by atoms with E-state index in [4.69, 9.17) is 10.5 Å². The van der Waals surface area contributed by atoms with Crippen molar-refractivity contribution in [3.8, 4) is 5.75 Å². The molecule has 0 radical (unpaired) electrons. The number of nitrogens with zero attached hydrogens (tertiary/aromatic N) is 2. The van der Waals surface area contributed by atoms with Crippen molar-refractivity contribution >= 4 is 23.1 Å². The van der Waals surface area contributed by atoms with Crippen LogP contribution in [-0.4, -0.2) is 30.6 Å². The summed E-state index contributed by atoms with van der Waals surface area (Å²) in [6.45, 7) is 6.84. The Bertz CT molecular complexity index is 1090. The normalized spacial score (nSPS) is 14.2. The first-order valence-electron chi connectivity index (χ1n) is 11.6. The number of carbonyl (C=O) groups is 1. The van der Waals surface area contributed by atoms with Crippen LogP contribution in [0.3, 0.4) is 0 Å². The van der Waals surface area contributed by atoms with Crippen molar-refractivity contribution in [3.63, 3.8) is 0 Å². The van der Waals surface area contributed by atoms with Crippen LogP contribution in [0.5, 0.6) is 5.75 Å². The van der Waals surface area contributed by atoms with Gasteiger partial charge in [0.15, 0.2) is 0 Å². The third kappa shape index (κ3) is 6.04. The number of ether oxygens (including phenoxy) is 1. The maximum Gasteiger partial charge on any atom is 0.257 e. The number of piperidine rings is 1. The Balaban J connectivity index is 1.37. The van der Waals surface area contributed by atoms with Gasteiger partial charge < -0.3 is 20.7 Å². The fraction of sp³-hybridized carbons (Fsp3) is 0.333. The van der Waals surface area contributed by atoms with Crippen LogP contribution in [-0.2, 0) is 6.42 Å². The van der Waals surface area contributed by atoms with Crippen LogP contribution in [0.4, 0.5) is 17.2 Å². The minimum atomic E-state index is -0.0926. The minimum Gasteiger partial charge on any atom is -0.493 e. The Morgan fingerprint density at radius 2 is 1.88 bits per heavy atom. The number of nitrogens with one attached hydrogen (secondary N) is 1. The largest absolute Gasteiger partial charge is 0.493 e. The maximum absolute atomic E-state index is 13.1. The molecule has 4 rings (SSSR count). The molecule has 1 saturated heterocycles. The van der Waals surface area contributed by atoms with E-state index in [0.717, 1.165) is 60.2 Å². The molecule has 0 unspecified atom stereocenters. The second-order valence-corrected chi connectivity index (χ2v) is 8.82. The molecule has 1 aromatic heterocycles. The summed E-state index contributed by atoms with van der Waals surface area (Å²) in [5.74, 6) is 1.91. The Hall–Kier alpha value is -3.54. The van der Waals surface area contributed by atoms with Crippen molar-refractivity contribution in [3.05, 3.63) is 77.5 Å². The highest BCUT2D eigenvalue weighted by molar-refractivity contribution is 6.08. The smallest absolute Gasteiger partial charge is 0.257 e. The van der Waals surface area contributed by atoms with Crippen molar-refractivity contribution < 1.29 is 9.53 Å². The number of hydrogen-bond donors (Lipinski definition) is 2. The molecule has 0 saturated carbocycles. The van der Waals surface area contributed by atoms with Crippen molar-refractivity contribution in [2.45, 2.75) is 33.1 Å². The molecule has 2 aromatic carbocycles. The zero-order valence-electron chi connectivity index (χ0n) is 19.4. The fourth-order valence-corrected chi connectivity index (χ4v) is 4.09. The fourth-order valence-electron chi connectivity index (χ4n) is 4.09. The van der Waals surface area contributed by atoms with Crippen LogP contribution in [0.1, 0.15) is 41.4 Å². The van der Waals surface area contributed by atoms with E-state index in [1.165, 1.54) is 0 Å². The van der Waals surface area contributed by atoms with Crippen LogP contribution in [0.15, 0.2) is 60.7 Å². The number of aryl methyl sites for hydroxylation is 1. The van der Waals surface area contributed by atoms with Gasteiger partial charge >= 0.3 is 0 Å². The minimum absolute atomic E-state index is 0.0926. The van der Waals surface area contributed by atoms with Gasteiger partial charge in [-0.2, -0.15) is 0 Å². The summed E-state index contributed by atoms with van der Waals surface area (Å²) in [5, 5.41) is 3.04. The first kappa shape index (κ1) is 22.6. The summed E-state index contributed by atoms with van der Waals surface area (Å²) in [6.07, 6.45) is 2.99. The number of hydrogen-bond acceptors (Lipinski definition) is 5. The van der Waals surface area contributed by atoms with Gasteiger partial charge in [-0.05, 0) is 79.8 Å². The van der Waals surface area contributed by atoms with Crippen molar-refractivity contribution in [1.82, 2.24) is 4.98 Å². The average Bonchev–Trinajstić information content (AvgIpc) is 2.81. The summed E-state index contributed by atoms with van der Waals surface area (Å²) in [5.41, 5.74) is 10.3. The lowest BCUT2D eigenvalue weighted by atomic mass is 9.97. The highest BCUT2D eigenvalue weighted by atomic mass is 16.5. The van der Waals surface area contributed by atoms with Crippen LogP contribution >= 0.6 is 0 Å². The molecule has 2 heterocycles. The lowest BCUT2D eigenvalue weighted by molar-refractivity contribution is 0.102. The van der Waals surface area contributed by atoms with Crippen LogP contribution in [0, 0.1) is 12.8 Å². The third-order valence-corrected chi connectivity index (χ3v) is 6.09. The molecule has 6 heteroatoms. The molecule has 1 aliphatic heterocycles. The van der Waals surface area contributed by atoms with Gasteiger partial charge in [-0.15, -0.1) is 0 Å². The third-order valence-electron chi connectivity index (χ3n) is 6.09. The number of nitrogen functional groups attached to an aromatic ring is 1. The van der Waals surface area contributed by atoms with Crippen molar-refractivity contribution in [2.24, 2.45) is 5.92 Å². The van der Waals surface area contributed by atoms with E-state index in [-0.39, 0.29) is 5.91 Å². The Morgan fingerprint density at radius 1 is 1.12 bits per heavy atom. The number of rotatable bonds is 7. The number of pyridine rings is 1. The number of amides is 1. The first-order valence-corrected chi connectivity index (χ1v) is 11.6. The Labute approximate surface area is 195 Å². The number of benzene rings is 2. The quantitative estimate of drug-likeness (QED) is 0.531. The summed E-state index contributed by atoms with van der Waals surface area (Å²) in [4.78, 5) is 19.7. The highest BCUT2D eigenvalue weighted by Crippen LogP contribution is 2.28. The number of carbonyl (C=O) groups excluding carboxylic acids is 1. The van der Waals surface area contributed by atoms with Gasteiger partial charge in [-0.3, -0.25) is 4.79 Å². The average molecular weight is 445 g/mol. The standard InChI is InChI=1S/C27H32N4O2/c1-19-12-15-31(16-13-19)25-18-20(2)6-11-24(25)27(32)30-22-7-9-23(10-8-22)33-17-14-21-4-3-5-26(28)29-21/h3-11,18-19H,12-17H2,1-2H3,(H2,28,29)(H,30,32). The van der Waals surface area contributed by atoms with Gasteiger partial charge in [-0.25, -0.2) is 4.98 Å². The predicted molar refractivity (Wildman–Crippen MR) is 134 cm³/mol. The highest BCUT2D eigenvalue weighted by Gasteiger charge is 2.21. The predicted octanol–water partition coefficient (Wildman–Crippen LogP) is 5.08. The zero-order valence-corrected chi connectivity index (χ0v) is 19.4. The van der Waals surface area contributed by atoms with Crippen LogP contribution in [0.2, 0.25) is 0 Å². The number of nitrogens with two attached hydrogens (primary N) is 1. The first-order chi connectivity index (χ1) is 16.0. The Kier molecular flexibility index (Phi) is 7.13. The van der Waals surface area contributed by atoms with Crippen molar-refractivity contribution in [1.29, 1.82) is 0 Å². The molecule has 0 aliphatic carbocycles. The number of aromatic nitrogens is 1. The number of anilines is 3. The van der Waals surface area contributed by atoms with E-state index in [9.17, 15) is 4.79 Å². The van der Waals surface area contributed by atoms with E-state index < -0.39 is 0 Å². The second-order valence-electron chi connectivity index (χ2n) is 8.82. The van der Waals surface area contributed by atoms with E-state index in [1.807, 2.05) is 48.5 Å². The molecule has 1 amide bonds. The molecule has 0 spiro atoms. The van der Waals surface area contributed by atoms with Gasteiger partial charge in [-0.1, -0.05) is 19.1 Å². The van der Waals surface area contributed by atoms with Crippen LogP contribution in [0.25, 0.3) is 0 Å². The van der Waals surface area contributed by atoms with Crippen molar-refractivity contribution in [2.75, 3.05) is 35.6 Å². The molecule has 1 aliphatic rings. The summed E-state index contributed by atoms with van der Waals surface area (Å²) < 4.78 is 5.81. The molecule has 0 atom stereocenters. The Morgan fingerprint density at radius 3 is 2.61 bits per heavy atom. The molecule has 3 aromatic rings. The summed E-state index contributed by atoms with van der Waals surface area (Å²) in [7, 11) is 0. The summed E-state index contributed by atoms with van der Waals surface area (Å²) >= 11 is 0. The van der Waals surface area contributed by atoms with Gasteiger partial charge in [0.05, 0.1) is 12.2 Å². The molecule has 0 bridgehead atoms. The molecule has 33 heavy (non-hydrogen) atoms. The molecular formula is C27H32N4O2. The van der Waals surface area contributed by atoms with Gasteiger partial charge in [0.25, 0.3) is 5.91 Å². The van der Waals surface area contributed by atoms with Gasteiger partial charge in [0, 0.05) is 36.6 Å². The van der Waals surface area contributed by atoms with E-state index in [1.54, 1.807) is 6.07 Å². The molecule has 3 N–H and O–H groups in total. The summed E-state index contributed by atoms with van der Waals surface area (Å²) in [6, 6.07) is 19.1.